The zero-order chi connectivity index (χ0) is 13.0. The largest absolute Gasteiger partial charge is 0.497 e. The number of nitrogens with zero attached hydrogens (tertiary/aromatic N) is 4. The van der Waals surface area contributed by atoms with Crippen LogP contribution in [0.4, 0.5) is 0 Å². The number of methoxy groups -OCH3 is 1. The van der Waals surface area contributed by atoms with Crippen LogP contribution in [0.3, 0.4) is 0 Å². The van der Waals surface area contributed by atoms with Gasteiger partial charge >= 0.3 is 0 Å². The maximum Gasteiger partial charge on any atom is 0.167 e. The predicted molar refractivity (Wildman–Crippen MR) is 67.1 cm³/mol. The first-order chi connectivity index (χ1) is 8.70. The molecule has 0 bridgehead atoms. The molecular weight excluding hydrogens is 230 g/mol. The monoisotopic (exact) mass is 247 g/mol. The molecule has 0 saturated heterocycles. The lowest BCUT2D eigenvalue weighted by atomic mass is 10.1. The molecule has 0 fully saturated rings. The highest BCUT2D eigenvalue weighted by Gasteiger charge is 2.09. The Kier molecular flexibility index (Phi) is 3.88. The van der Waals surface area contributed by atoms with E-state index in [9.17, 15) is 0 Å². The Morgan fingerprint density at radius 2 is 2.06 bits per heavy atom. The maximum absolute atomic E-state index is 5.79. The summed E-state index contributed by atoms with van der Waals surface area (Å²) >= 11 is 0. The molecule has 1 unspecified atom stereocenters. The molecule has 0 spiro atoms. The van der Waals surface area contributed by atoms with Crippen molar-refractivity contribution in [1.82, 2.24) is 20.2 Å². The molecule has 0 amide bonds. The van der Waals surface area contributed by atoms with Crippen LogP contribution in [0.1, 0.15) is 24.4 Å². The molecule has 0 aliphatic carbocycles. The topological polar surface area (TPSA) is 78.8 Å². The van der Waals surface area contributed by atoms with Gasteiger partial charge in [-0.2, -0.15) is 0 Å². The van der Waals surface area contributed by atoms with Crippen LogP contribution < -0.4 is 10.5 Å². The van der Waals surface area contributed by atoms with Crippen LogP contribution >= 0.6 is 0 Å². The lowest BCUT2D eigenvalue weighted by molar-refractivity contribution is 0.414. The first kappa shape index (κ1) is 12.5. The van der Waals surface area contributed by atoms with Gasteiger partial charge in [0.1, 0.15) is 5.75 Å². The van der Waals surface area contributed by atoms with Crippen LogP contribution in [0.2, 0.25) is 0 Å². The minimum absolute atomic E-state index is 0.157. The van der Waals surface area contributed by atoms with Crippen LogP contribution in [0.25, 0.3) is 0 Å². The third-order valence-electron chi connectivity index (χ3n) is 2.74. The number of tetrazole rings is 1. The van der Waals surface area contributed by atoms with Crippen LogP contribution in [0.15, 0.2) is 24.3 Å². The van der Waals surface area contributed by atoms with E-state index >= 15 is 0 Å². The second-order valence-electron chi connectivity index (χ2n) is 4.15. The summed E-state index contributed by atoms with van der Waals surface area (Å²) in [7, 11) is 1.66. The van der Waals surface area contributed by atoms with Gasteiger partial charge < -0.3 is 10.5 Å². The van der Waals surface area contributed by atoms with Crippen molar-refractivity contribution in [2.24, 2.45) is 5.73 Å². The SMILES string of the molecule is COc1ccc(CCn2nnnc2C(C)N)cc1. The van der Waals surface area contributed by atoms with Gasteiger partial charge in [-0.25, -0.2) is 4.68 Å². The van der Waals surface area contributed by atoms with Crippen molar-refractivity contribution >= 4 is 0 Å². The molecule has 18 heavy (non-hydrogen) atoms. The average molecular weight is 247 g/mol. The zero-order valence-corrected chi connectivity index (χ0v) is 10.6. The molecule has 6 nitrogen and oxygen atoms in total. The van der Waals surface area contributed by atoms with E-state index in [1.807, 2.05) is 31.2 Å². The van der Waals surface area contributed by atoms with Gasteiger partial charge in [-0.05, 0) is 41.5 Å². The number of hydrogen-bond donors (Lipinski definition) is 1. The Morgan fingerprint density at radius 1 is 1.33 bits per heavy atom. The normalized spacial score (nSPS) is 12.4. The minimum Gasteiger partial charge on any atom is -0.497 e. The zero-order valence-electron chi connectivity index (χ0n) is 10.6. The van der Waals surface area contributed by atoms with Crippen LogP contribution in [0, 0.1) is 0 Å². The van der Waals surface area contributed by atoms with Crippen molar-refractivity contribution in [3.63, 3.8) is 0 Å². The molecule has 1 aromatic carbocycles. The molecule has 6 heteroatoms. The van der Waals surface area contributed by atoms with Crippen LogP contribution in [-0.4, -0.2) is 27.3 Å². The van der Waals surface area contributed by atoms with Gasteiger partial charge in [-0.3, -0.25) is 0 Å². The molecule has 1 atom stereocenters. The van der Waals surface area contributed by atoms with Gasteiger partial charge in [0.25, 0.3) is 0 Å². The smallest absolute Gasteiger partial charge is 0.167 e. The van der Waals surface area contributed by atoms with E-state index < -0.39 is 0 Å². The molecule has 1 aromatic heterocycles. The highest BCUT2D eigenvalue weighted by Crippen LogP contribution is 2.12. The molecule has 0 radical (unpaired) electrons. The summed E-state index contributed by atoms with van der Waals surface area (Å²) in [5.41, 5.74) is 7.00. The minimum atomic E-state index is -0.157. The van der Waals surface area contributed by atoms with Crippen molar-refractivity contribution in [1.29, 1.82) is 0 Å². The Bertz CT molecular complexity index is 491. The number of ether oxygens (including phenoxy) is 1. The molecule has 1 heterocycles. The van der Waals surface area contributed by atoms with Gasteiger partial charge in [0.05, 0.1) is 13.2 Å². The van der Waals surface area contributed by atoms with E-state index in [-0.39, 0.29) is 6.04 Å². The molecule has 96 valence electrons. The van der Waals surface area contributed by atoms with Gasteiger partial charge in [-0.15, -0.1) is 5.10 Å². The van der Waals surface area contributed by atoms with E-state index in [0.29, 0.717) is 5.82 Å². The highest BCUT2D eigenvalue weighted by atomic mass is 16.5. The van der Waals surface area contributed by atoms with E-state index in [4.69, 9.17) is 10.5 Å². The second-order valence-corrected chi connectivity index (χ2v) is 4.15. The second kappa shape index (κ2) is 5.59. The number of rotatable bonds is 5. The van der Waals surface area contributed by atoms with Crippen molar-refractivity contribution in [2.45, 2.75) is 25.9 Å². The highest BCUT2D eigenvalue weighted by molar-refractivity contribution is 5.27. The molecule has 0 aliphatic rings. The van der Waals surface area contributed by atoms with Gasteiger partial charge in [0.2, 0.25) is 0 Å². The fourth-order valence-corrected chi connectivity index (χ4v) is 1.72. The third-order valence-corrected chi connectivity index (χ3v) is 2.74. The van der Waals surface area contributed by atoms with E-state index in [0.717, 1.165) is 18.7 Å². The standard InChI is InChI=1S/C12H17N5O/c1-9(13)12-14-15-16-17(12)8-7-10-3-5-11(18-2)6-4-10/h3-6,9H,7-8,13H2,1-2H3. The van der Waals surface area contributed by atoms with Gasteiger partial charge in [0.15, 0.2) is 5.82 Å². The van der Waals surface area contributed by atoms with Gasteiger partial charge in [0, 0.05) is 6.54 Å². The van der Waals surface area contributed by atoms with Crippen LogP contribution in [0.5, 0.6) is 5.75 Å². The Morgan fingerprint density at radius 3 is 2.67 bits per heavy atom. The molecule has 2 N–H and O–H groups in total. The predicted octanol–water partition coefficient (Wildman–Crippen LogP) is 0.944. The fourth-order valence-electron chi connectivity index (χ4n) is 1.72. The van der Waals surface area contributed by atoms with Crippen molar-refractivity contribution in [2.75, 3.05) is 7.11 Å². The lowest BCUT2D eigenvalue weighted by Gasteiger charge is -2.07. The maximum atomic E-state index is 5.79. The van der Waals surface area contributed by atoms with Gasteiger partial charge in [-0.1, -0.05) is 12.1 Å². The summed E-state index contributed by atoms with van der Waals surface area (Å²) in [5, 5.41) is 11.5. The van der Waals surface area contributed by atoms with Crippen molar-refractivity contribution in [3.8, 4) is 5.75 Å². The third kappa shape index (κ3) is 2.84. The number of aryl methyl sites for hydroxylation is 2. The number of benzene rings is 1. The molecular formula is C12H17N5O. The average Bonchev–Trinajstić information content (AvgIpc) is 2.85. The summed E-state index contributed by atoms with van der Waals surface area (Å²) < 4.78 is 6.86. The summed E-state index contributed by atoms with van der Waals surface area (Å²) in [6, 6.07) is 7.81. The van der Waals surface area contributed by atoms with Crippen LogP contribution in [-0.2, 0) is 13.0 Å². The Labute approximate surface area is 106 Å². The summed E-state index contributed by atoms with van der Waals surface area (Å²) in [6.45, 7) is 2.59. The summed E-state index contributed by atoms with van der Waals surface area (Å²) in [5.74, 6) is 1.57. The first-order valence-corrected chi connectivity index (χ1v) is 5.85. The molecule has 0 aliphatic heterocycles. The van der Waals surface area contributed by atoms with E-state index in [1.54, 1.807) is 11.8 Å². The van der Waals surface area contributed by atoms with Crippen molar-refractivity contribution < 1.29 is 4.74 Å². The summed E-state index contributed by atoms with van der Waals surface area (Å²) in [4.78, 5) is 0. The molecule has 2 rings (SSSR count). The summed E-state index contributed by atoms with van der Waals surface area (Å²) in [6.07, 6.45) is 0.856. The number of aromatic nitrogens is 4. The Balaban J connectivity index is 2.00. The number of hydrogen-bond acceptors (Lipinski definition) is 5. The van der Waals surface area contributed by atoms with Crippen molar-refractivity contribution in [3.05, 3.63) is 35.7 Å². The Hall–Kier alpha value is -1.95. The fraction of sp³-hybridized carbons (Fsp3) is 0.417. The lowest BCUT2D eigenvalue weighted by Crippen LogP contribution is -2.15. The quantitative estimate of drug-likeness (QED) is 0.850. The van der Waals surface area contributed by atoms with E-state index in [1.165, 1.54) is 5.56 Å². The molecule has 0 saturated carbocycles. The number of nitrogens with two attached hydrogens (primary N) is 1. The van der Waals surface area contributed by atoms with E-state index in [2.05, 4.69) is 15.5 Å². The first-order valence-electron chi connectivity index (χ1n) is 5.85. The molecule has 2 aromatic rings.